The lowest BCUT2D eigenvalue weighted by molar-refractivity contribution is -0.141. The van der Waals surface area contributed by atoms with Crippen molar-refractivity contribution < 1.29 is 41.9 Å². The van der Waals surface area contributed by atoms with Gasteiger partial charge in [-0.2, -0.15) is 0 Å². The van der Waals surface area contributed by atoms with E-state index >= 15 is 0 Å². The molecule has 0 radical (unpaired) electrons. The van der Waals surface area contributed by atoms with Crippen molar-refractivity contribution in [2.45, 2.75) is 81.0 Å². The molecule has 4 N–H and O–H groups in total. The van der Waals surface area contributed by atoms with E-state index in [2.05, 4.69) is 33.8 Å². The number of fused-ring (bicyclic) bond motifs is 1. The molecule has 2 saturated carbocycles. The Balaban J connectivity index is 1.32. The van der Waals surface area contributed by atoms with Gasteiger partial charge in [-0.3, -0.25) is 23.9 Å². The van der Waals surface area contributed by atoms with Crippen LogP contribution in [0.5, 0.6) is 5.88 Å². The fourth-order valence-corrected chi connectivity index (χ4v) is 8.39. The van der Waals surface area contributed by atoms with E-state index in [1.165, 1.54) is 22.3 Å². The van der Waals surface area contributed by atoms with Gasteiger partial charge in [0, 0.05) is 18.9 Å². The monoisotopic (exact) mass is 793 g/mol. The second kappa shape index (κ2) is 15.4. The lowest BCUT2D eigenvalue weighted by Gasteiger charge is -2.30. The third kappa shape index (κ3) is 8.96. The number of amides is 5. The molecule has 2 aliphatic carbocycles. The maximum Gasteiger partial charge on any atom is 0.408 e. The summed E-state index contributed by atoms with van der Waals surface area (Å²) in [5.41, 5.74) is -0.917. The molecule has 2 aromatic heterocycles. The number of thiophene rings is 1. The van der Waals surface area contributed by atoms with Crippen LogP contribution in [-0.2, 0) is 33.9 Å². The van der Waals surface area contributed by atoms with E-state index in [1.54, 1.807) is 32.9 Å². The molecule has 0 spiro atoms. The fraction of sp³-hybridized carbons (Fsp3) is 0.432. The number of carbonyl (C=O) groups is 5. The summed E-state index contributed by atoms with van der Waals surface area (Å²) in [7, 11) is -3.95. The summed E-state index contributed by atoms with van der Waals surface area (Å²) in [5, 5.41) is 8.94. The van der Waals surface area contributed by atoms with Crippen LogP contribution < -0.4 is 25.4 Å². The van der Waals surface area contributed by atoms with E-state index in [1.807, 2.05) is 29.6 Å². The van der Waals surface area contributed by atoms with Gasteiger partial charge in [0.2, 0.25) is 33.6 Å². The van der Waals surface area contributed by atoms with E-state index < -0.39 is 80.2 Å². The number of carbonyl (C=O) groups excluding carboxylic acids is 5. The van der Waals surface area contributed by atoms with Crippen molar-refractivity contribution >= 4 is 62.1 Å². The first-order valence-electron chi connectivity index (χ1n) is 17.7. The smallest absolute Gasteiger partial charge is 0.408 e. The highest BCUT2D eigenvalue weighted by Crippen LogP contribution is 2.45. The standard InChI is InChI=1S/C37H43N7O9S2/c1-6-21-18-37(21,34(48)43-55(50,51)23-14-15-23)42-31(46)27-17-22(52-32-30(28-13-10-16-54-28)39-24-11-8-9-12-25(24)40-32)20-44(27)33(47)26(19-38-29(45)7-2)41-35(49)53-36(3,4)5/h6-13,16,21-23,26-27H,1-2,14-15,17-20H2,3-5H3,(H,38,45)(H,41,49)(H,42,46)(H,43,48)/t21-,22-,26+,27+,37-/m1/s1. The Morgan fingerprint density at radius 3 is 2.38 bits per heavy atom. The molecule has 1 aliphatic heterocycles. The molecule has 0 bridgehead atoms. The number of para-hydroxylation sites is 2. The summed E-state index contributed by atoms with van der Waals surface area (Å²) in [6.07, 6.45) is 1.50. The number of hydrogen-bond donors (Lipinski definition) is 4. The highest BCUT2D eigenvalue weighted by atomic mass is 32.2. The lowest BCUT2D eigenvalue weighted by atomic mass is 10.1. The molecular formula is C37H43N7O9S2. The molecule has 292 valence electrons. The van der Waals surface area contributed by atoms with Crippen molar-refractivity contribution in [2.24, 2.45) is 5.92 Å². The molecule has 1 aromatic carbocycles. The van der Waals surface area contributed by atoms with Gasteiger partial charge in [0.15, 0.2) is 0 Å². The molecule has 3 heterocycles. The topological polar surface area (TPSA) is 215 Å². The Bertz CT molecular complexity index is 2130. The zero-order chi connectivity index (χ0) is 39.7. The Morgan fingerprint density at radius 2 is 1.78 bits per heavy atom. The number of nitrogens with one attached hydrogen (secondary N) is 4. The van der Waals surface area contributed by atoms with Crippen LogP contribution in [-0.4, -0.2) is 101 Å². The molecule has 0 unspecified atom stereocenters. The predicted octanol–water partition coefficient (Wildman–Crippen LogP) is 2.57. The first kappa shape index (κ1) is 39.3. The average molecular weight is 794 g/mol. The number of benzene rings is 1. The van der Waals surface area contributed by atoms with Crippen molar-refractivity contribution in [1.29, 1.82) is 0 Å². The van der Waals surface area contributed by atoms with Crippen LogP contribution in [0, 0.1) is 5.92 Å². The Labute approximate surface area is 322 Å². The molecule has 3 aliphatic rings. The Morgan fingerprint density at radius 1 is 1.07 bits per heavy atom. The minimum atomic E-state index is -3.95. The van der Waals surface area contributed by atoms with Crippen molar-refractivity contribution in [3.05, 3.63) is 67.1 Å². The summed E-state index contributed by atoms with van der Waals surface area (Å²) in [4.78, 5) is 78.9. The minimum absolute atomic E-state index is 0.0854. The first-order chi connectivity index (χ1) is 26.0. The number of alkyl carbamates (subject to hydrolysis) is 1. The van der Waals surface area contributed by atoms with E-state index in [9.17, 15) is 32.4 Å². The SMILES string of the molecule is C=CC(=O)NC[C@H](NC(=O)OC(C)(C)C)C(=O)N1C[C@H](Oc2nc3ccccc3nc2-c2cccs2)C[C@H]1C(=O)N[C@]1(C(=O)NS(=O)(=O)C2CC2)C[C@H]1C=C. The van der Waals surface area contributed by atoms with Gasteiger partial charge in [0.25, 0.3) is 5.91 Å². The van der Waals surface area contributed by atoms with Crippen LogP contribution in [0.2, 0.25) is 0 Å². The van der Waals surface area contributed by atoms with E-state index in [0.717, 1.165) is 11.0 Å². The zero-order valence-electron chi connectivity index (χ0n) is 30.6. The van der Waals surface area contributed by atoms with Crippen LogP contribution >= 0.6 is 11.3 Å². The largest absolute Gasteiger partial charge is 0.471 e. The summed E-state index contributed by atoms with van der Waals surface area (Å²) < 4.78 is 39.4. The number of sulfonamides is 1. The number of aromatic nitrogens is 2. The van der Waals surface area contributed by atoms with Crippen molar-refractivity contribution in [1.82, 2.24) is 35.5 Å². The number of nitrogens with zero attached hydrogens (tertiary/aromatic N) is 3. The van der Waals surface area contributed by atoms with Crippen molar-refractivity contribution in [3.8, 4) is 16.5 Å². The summed E-state index contributed by atoms with van der Waals surface area (Å²) in [6.45, 7) is 11.5. The highest BCUT2D eigenvalue weighted by Gasteiger charge is 2.62. The number of likely N-dealkylation sites (tertiary alicyclic amines) is 1. The second-order valence-corrected chi connectivity index (χ2v) is 17.6. The molecule has 16 nitrogen and oxygen atoms in total. The van der Waals surface area contributed by atoms with Gasteiger partial charge < -0.3 is 30.3 Å². The normalized spacial score (nSPS) is 22.5. The third-order valence-electron chi connectivity index (χ3n) is 9.32. The number of hydrogen-bond acceptors (Lipinski definition) is 12. The van der Waals surface area contributed by atoms with E-state index in [0.29, 0.717) is 29.6 Å². The molecule has 3 fully saturated rings. The first-order valence-corrected chi connectivity index (χ1v) is 20.1. The molecule has 55 heavy (non-hydrogen) atoms. The third-order valence-corrected chi connectivity index (χ3v) is 12.0. The molecule has 18 heteroatoms. The summed E-state index contributed by atoms with van der Waals surface area (Å²) in [6, 6.07) is 8.25. The molecule has 5 atom stereocenters. The zero-order valence-corrected chi connectivity index (χ0v) is 32.2. The van der Waals surface area contributed by atoms with E-state index in [-0.39, 0.29) is 31.8 Å². The molecule has 1 saturated heterocycles. The molecule has 3 aromatic rings. The summed E-state index contributed by atoms with van der Waals surface area (Å²) >= 11 is 1.42. The second-order valence-electron chi connectivity index (χ2n) is 14.7. The maximum absolute atomic E-state index is 14.4. The Kier molecular flexibility index (Phi) is 11.0. The van der Waals surface area contributed by atoms with Gasteiger partial charge in [0.1, 0.15) is 35.0 Å². The van der Waals surface area contributed by atoms with Crippen LogP contribution in [0.3, 0.4) is 0 Å². The molecule has 6 rings (SSSR count). The van der Waals surface area contributed by atoms with Crippen molar-refractivity contribution in [2.75, 3.05) is 13.1 Å². The fourth-order valence-electron chi connectivity index (χ4n) is 6.32. The minimum Gasteiger partial charge on any atom is -0.471 e. The van der Waals surface area contributed by atoms with Crippen molar-refractivity contribution in [3.63, 3.8) is 0 Å². The van der Waals surface area contributed by atoms with Crippen LogP contribution in [0.4, 0.5) is 4.79 Å². The maximum atomic E-state index is 14.4. The van der Waals surface area contributed by atoms with Crippen LogP contribution in [0.15, 0.2) is 67.1 Å². The van der Waals surface area contributed by atoms with Gasteiger partial charge in [-0.15, -0.1) is 17.9 Å². The van der Waals surface area contributed by atoms with E-state index in [4.69, 9.17) is 19.4 Å². The summed E-state index contributed by atoms with van der Waals surface area (Å²) in [5.74, 6) is -3.47. The Hall–Kier alpha value is -5.36. The quantitative estimate of drug-likeness (QED) is 0.138. The van der Waals surface area contributed by atoms with Gasteiger partial charge in [-0.05, 0) is 69.7 Å². The van der Waals surface area contributed by atoms with Crippen LogP contribution in [0.1, 0.15) is 46.5 Å². The highest BCUT2D eigenvalue weighted by molar-refractivity contribution is 7.91. The lowest BCUT2D eigenvalue weighted by Crippen LogP contribution is -2.59. The number of rotatable bonds is 14. The molecule has 5 amide bonds. The van der Waals surface area contributed by atoms with Gasteiger partial charge in [0.05, 0.1) is 27.7 Å². The predicted molar refractivity (Wildman–Crippen MR) is 203 cm³/mol. The average Bonchev–Trinajstić information content (AvgIpc) is 4.00. The van der Waals surface area contributed by atoms with Gasteiger partial charge in [-0.25, -0.2) is 23.2 Å². The molecular weight excluding hydrogens is 751 g/mol. The number of ether oxygens (including phenoxy) is 2. The van der Waals surface area contributed by atoms with Crippen LogP contribution in [0.25, 0.3) is 21.6 Å². The van der Waals surface area contributed by atoms with Gasteiger partial charge in [-0.1, -0.05) is 30.9 Å². The van der Waals surface area contributed by atoms with Gasteiger partial charge >= 0.3 is 6.09 Å².